The van der Waals surface area contributed by atoms with E-state index in [4.69, 9.17) is 0 Å². The van der Waals surface area contributed by atoms with Crippen LogP contribution in [-0.2, 0) is 11.2 Å². The molecule has 0 spiro atoms. The van der Waals surface area contributed by atoms with E-state index < -0.39 is 0 Å². The summed E-state index contributed by atoms with van der Waals surface area (Å²) in [5.41, 5.74) is 2.25. The van der Waals surface area contributed by atoms with Crippen molar-refractivity contribution in [3.63, 3.8) is 0 Å². The summed E-state index contributed by atoms with van der Waals surface area (Å²) in [4.78, 5) is 14.2. The van der Waals surface area contributed by atoms with Crippen molar-refractivity contribution in [3.8, 4) is 0 Å². The average molecular weight is 276 g/mol. The molecule has 1 aromatic carbocycles. The van der Waals surface area contributed by atoms with Crippen LogP contribution in [0.3, 0.4) is 0 Å². The highest BCUT2D eigenvalue weighted by Crippen LogP contribution is 2.09. The number of aliphatic hydroxyl groups is 1. The molecule has 20 heavy (non-hydrogen) atoms. The van der Waals surface area contributed by atoms with E-state index in [1.165, 1.54) is 0 Å². The lowest BCUT2D eigenvalue weighted by molar-refractivity contribution is -0.120. The SMILES string of the molecule is Cc1ccccc1CC(=O)NCCN1CCC(O)CC1. The van der Waals surface area contributed by atoms with Gasteiger partial charge in [-0.25, -0.2) is 0 Å². The van der Waals surface area contributed by atoms with Crippen LogP contribution in [0.2, 0.25) is 0 Å². The number of piperidine rings is 1. The summed E-state index contributed by atoms with van der Waals surface area (Å²) in [5.74, 6) is 0.0799. The van der Waals surface area contributed by atoms with Gasteiger partial charge in [0.2, 0.25) is 5.91 Å². The fourth-order valence-electron chi connectivity index (χ4n) is 2.54. The fourth-order valence-corrected chi connectivity index (χ4v) is 2.54. The van der Waals surface area contributed by atoms with Gasteiger partial charge in [-0.2, -0.15) is 0 Å². The van der Waals surface area contributed by atoms with Crippen LogP contribution in [0, 0.1) is 6.92 Å². The van der Waals surface area contributed by atoms with Crippen molar-refractivity contribution in [2.24, 2.45) is 0 Å². The molecule has 0 atom stereocenters. The zero-order valence-corrected chi connectivity index (χ0v) is 12.1. The first-order chi connectivity index (χ1) is 9.65. The van der Waals surface area contributed by atoms with Gasteiger partial charge in [0.25, 0.3) is 0 Å². The number of nitrogens with zero attached hydrogens (tertiary/aromatic N) is 1. The minimum atomic E-state index is -0.137. The number of hydrogen-bond acceptors (Lipinski definition) is 3. The van der Waals surface area contributed by atoms with Crippen molar-refractivity contribution < 1.29 is 9.90 Å². The molecule has 4 nitrogen and oxygen atoms in total. The van der Waals surface area contributed by atoms with Crippen molar-refractivity contribution in [1.82, 2.24) is 10.2 Å². The number of carbonyl (C=O) groups is 1. The van der Waals surface area contributed by atoms with Crippen molar-refractivity contribution in [1.29, 1.82) is 0 Å². The van der Waals surface area contributed by atoms with E-state index in [1.54, 1.807) is 0 Å². The largest absolute Gasteiger partial charge is 0.393 e. The summed E-state index contributed by atoms with van der Waals surface area (Å²) in [7, 11) is 0. The lowest BCUT2D eigenvalue weighted by Gasteiger charge is -2.29. The summed E-state index contributed by atoms with van der Waals surface area (Å²) in [5, 5.41) is 12.4. The molecule has 1 amide bonds. The van der Waals surface area contributed by atoms with Crippen LogP contribution < -0.4 is 5.32 Å². The molecule has 2 N–H and O–H groups in total. The molecule has 1 aromatic rings. The Bertz CT molecular complexity index is 440. The van der Waals surface area contributed by atoms with Gasteiger partial charge in [-0.1, -0.05) is 24.3 Å². The van der Waals surface area contributed by atoms with Gasteiger partial charge in [-0.3, -0.25) is 4.79 Å². The van der Waals surface area contributed by atoms with E-state index in [0.29, 0.717) is 13.0 Å². The summed E-state index contributed by atoms with van der Waals surface area (Å²) in [6.07, 6.45) is 2.00. The van der Waals surface area contributed by atoms with E-state index in [-0.39, 0.29) is 12.0 Å². The third-order valence-corrected chi connectivity index (χ3v) is 3.92. The second kappa shape index (κ2) is 7.41. The Labute approximate surface area is 120 Å². The topological polar surface area (TPSA) is 52.6 Å². The molecule has 1 fully saturated rings. The average Bonchev–Trinajstić information content (AvgIpc) is 2.44. The molecule has 1 aliphatic rings. The maximum atomic E-state index is 11.9. The highest BCUT2D eigenvalue weighted by molar-refractivity contribution is 5.78. The summed E-state index contributed by atoms with van der Waals surface area (Å²) < 4.78 is 0. The van der Waals surface area contributed by atoms with Crippen molar-refractivity contribution >= 4 is 5.91 Å². The Morgan fingerprint density at radius 1 is 1.35 bits per heavy atom. The van der Waals surface area contributed by atoms with E-state index >= 15 is 0 Å². The molecular formula is C16H24N2O2. The Hall–Kier alpha value is -1.39. The van der Waals surface area contributed by atoms with E-state index in [2.05, 4.69) is 10.2 Å². The number of likely N-dealkylation sites (tertiary alicyclic amines) is 1. The number of rotatable bonds is 5. The number of carbonyl (C=O) groups excluding carboxylic acids is 1. The number of aryl methyl sites for hydroxylation is 1. The second-order valence-corrected chi connectivity index (χ2v) is 5.53. The van der Waals surface area contributed by atoms with Gasteiger partial charge in [0.15, 0.2) is 0 Å². The van der Waals surface area contributed by atoms with Crippen molar-refractivity contribution in [2.75, 3.05) is 26.2 Å². The minimum Gasteiger partial charge on any atom is -0.393 e. The van der Waals surface area contributed by atoms with E-state index in [0.717, 1.165) is 43.6 Å². The monoisotopic (exact) mass is 276 g/mol. The Morgan fingerprint density at radius 3 is 2.75 bits per heavy atom. The van der Waals surface area contributed by atoms with Crippen LogP contribution >= 0.6 is 0 Å². The first-order valence-corrected chi connectivity index (χ1v) is 7.37. The van der Waals surface area contributed by atoms with Gasteiger partial charge in [0.1, 0.15) is 0 Å². The molecule has 2 rings (SSSR count). The Balaban J connectivity index is 1.67. The molecule has 0 saturated carbocycles. The highest BCUT2D eigenvalue weighted by atomic mass is 16.3. The third-order valence-electron chi connectivity index (χ3n) is 3.92. The summed E-state index contributed by atoms with van der Waals surface area (Å²) >= 11 is 0. The molecule has 0 unspecified atom stereocenters. The molecule has 1 saturated heterocycles. The Kier molecular flexibility index (Phi) is 5.56. The van der Waals surface area contributed by atoms with Gasteiger partial charge < -0.3 is 15.3 Å². The predicted molar refractivity (Wildman–Crippen MR) is 79.6 cm³/mol. The van der Waals surface area contributed by atoms with Crippen molar-refractivity contribution in [3.05, 3.63) is 35.4 Å². The first kappa shape index (κ1) is 15.0. The molecule has 0 aliphatic carbocycles. The van der Waals surface area contributed by atoms with Crippen LogP contribution in [0.4, 0.5) is 0 Å². The molecule has 1 aliphatic heterocycles. The van der Waals surface area contributed by atoms with Crippen LogP contribution in [0.5, 0.6) is 0 Å². The number of amides is 1. The lowest BCUT2D eigenvalue weighted by Crippen LogP contribution is -2.41. The molecule has 1 heterocycles. The second-order valence-electron chi connectivity index (χ2n) is 5.53. The number of aliphatic hydroxyl groups excluding tert-OH is 1. The Morgan fingerprint density at radius 2 is 2.05 bits per heavy atom. The summed E-state index contributed by atoms with van der Waals surface area (Å²) in [6, 6.07) is 7.98. The van der Waals surface area contributed by atoms with E-state index in [1.807, 2.05) is 31.2 Å². The molecule has 0 bridgehead atoms. The molecular weight excluding hydrogens is 252 g/mol. The van der Waals surface area contributed by atoms with Crippen molar-refractivity contribution in [2.45, 2.75) is 32.3 Å². The highest BCUT2D eigenvalue weighted by Gasteiger charge is 2.16. The van der Waals surface area contributed by atoms with Gasteiger partial charge >= 0.3 is 0 Å². The van der Waals surface area contributed by atoms with Gasteiger partial charge in [-0.05, 0) is 30.9 Å². The van der Waals surface area contributed by atoms with Gasteiger partial charge in [0.05, 0.1) is 12.5 Å². The van der Waals surface area contributed by atoms with Gasteiger partial charge in [0, 0.05) is 26.2 Å². The predicted octanol–water partition coefficient (Wildman–Crippen LogP) is 1.11. The van der Waals surface area contributed by atoms with Crippen LogP contribution in [0.15, 0.2) is 24.3 Å². The number of benzene rings is 1. The molecule has 0 aromatic heterocycles. The maximum absolute atomic E-state index is 11.9. The summed E-state index contributed by atoms with van der Waals surface area (Å²) in [6.45, 7) is 5.43. The van der Waals surface area contributed by atoms with Crippen LogP contribution in [-0.4, -0.2) is 48.2 Å². The molecule has 4 heteroatoms. The number of nitrogens with one attached hydrogen (secondary N) is 1. The normalized spacial score (nSPS) is 17.1. The molecule has 0 radical (unpaired) electrons. The third kappa shape index (κ3) is 4.62. The molecule has 110 valence electrons. The zero-order valence-electron chi connectivity index (χ0n) is 12.1. The van der Waals surface area contributed by atoms with Gasteiger partial charge in [-0.15, -0.1) is 0 Å². The lowest BCUT2D eigenvalue weighted by atomic mass is 10.1. The zero-order chi connectivity index (χ0) is 14.4. The quantitative estimate of drug-likeness (QED) is 0.847. The smallest absolute Gasteiger partial charge is 0.224 e. The first-order valence-electron chi connectivity index (χ1n) is 7.37. The maximum Gasteiger partial charge on any atom is 0.224 e. The standard InChI is InChI=1S/C16H24N2O2/c1-13-4-2-3-5-14(13)12-16(20)17-8-11-18-9-6-15(19)7-10-18/h2-5,15,19H,6-12H2,1H3,(H,17,20). The minimum absolute atomic E-state index is 0.0799. The fraction of sp³-hybridized carbons (Fsp3) is 0.562. The van der Waals surface area contributed by atoms with Crippen LogP contribution in [0.25, 0.3) is 0 Å². The number of hydrogen-bond donors (Lipinski definition) is 2. The van der Waals surface area contributed by atoms with Crippen LogP contribution in [0.1, 0.15) is 24.0 Å². The van der Waals surface area contributed by atoms with E-state index in [9.17, 15) is 9.90 Å².